The van der Waals surface area contributed by atoms with Crippen LogP contribution in [0.1, 0.15) is 39.0 Å². The predicted octanol–water partition coefficient (Wildman–Crippen LogP) is 7.21. The third kappa shape index (κ3) is 4.79. The second kappa shape index (κ2) is 7.57. The molecule has 124 valence electrons. The van der Waals surface area contributed by atoms with E-state index in [0.717, 1.165) is 0 Å². The van der Waals surface area contributed by atoms with Gasteiger partial charge in [-0.25, -0.2) is 0 Å². The van der Waals surface area contributed by atoms with Crippen LogP contribution in [-0.4, -0.2) is 29.4 Å². The number of unbranched alkanes of at least 4 members (excludes halogenated alkanes) is 4. The van der Waals surface area contributed by atoms with E-state index in [1.54, 1.807) is 12.6 Å². The van der Waals surface area contributed by atoms with Crippen molar-refractivity contribution < 1.29 is 0 Å². The van der Waals surface area contributed by atoms with Crippen molar-refractivity contribution in [3.05, 3.63) is 0 Å². The van der Waals surface area contributed by atoms with Crippen molar-refractivity contribution in [2.75, 3.05) is 6.16 Å². The Bertz CT molecular complexity index is 246. The molecule has 0 atom stereocenters. The van der Waals surface area contributed by atoms with E-state index in [4.69, 9.17) is 0 Å². The van der Waals surface area contributed by atoms with Crippen LogP contribution in [0, 0.1) is 0 Å². The van der Waals surface area contributed by atoms with Crippen LogP contribution in [0.25, 0.3) is 0 Å². The second-order valence-electron chi connectivity index (χ2n) is 9.82. The topological polar surface area (TPSA) is 0 Å². The molecular weight excluding hydrogens is 307 g/mol. The van der Waals surface area contributed by atoms with Crippen LogP contribution in [-0.2, 0) is 0 Å². The van der Waals surface area contributed by atoms with Crippen LogP contribution >= 0.6 is 5.91 Å². The summed E-state index contributed by atoms with van der Waals surface area (Å²) in [5.74, 6) is -1.04. The Morgan fingerprint density at radius 2 is 0.900 bits per heavy atom. The summed E-state index contributed by atoms with van der Waals surface area (Å²) < 4.78 is 0. The van der Waals surface area contributed by atoms with Gasteiger partial charge in [0.05, 0.1) is 0 Å². The fourth-order valence-corrected chi connectivity index (χ4v) is 105. The maximum absolute atomic E-state index is 2.72. The minimum absolute atomic E-state index is 1.01. The molecule has 0 saturated heterocycles. The summed E-state index contributed by atoms with van der Waals surface area (Å²) in [5, 5.41) is 0. The molecular formula is C16H43PSi3. The molecule has 0 rings (SSSR count). The van der Waals surface area contributed by atoms with Crippen molar-refractivity contribution in [2.24, 2.45) is 0 Å². The molecule has 20 heavy (non-hydrogen) atoms. The van der Waals surface area contributed by atoms with Crippen molar-refractivity contribution in [1.82, 2.24) is 0 Å². The van der Waals surface area contributed by atoms with E-state index < -0.39 is 29.1 Å². The quantitative estimate of drug-likeness (QED) is 0.234. The molecule has 0 aliphatic rings. The molecule has 0 radical (unpaired) electrons. The van der Waals surface area contributed by atoms with E-state index >= 15 is 0 Å². The van der Waals surface area contributed by atoms with Crippen molar-refractivity contribution in [2.45, 2.75) is 98.0 Å². The van der Waals surface area contributed by atoms with Gasteiger partial charge in [-0.2, -0.15) is 0 Å². The van der Waals surface area contributed by atoms with Crippen molar-refractivity contribution in [3.8, 4) is 0 Å². The third-order valence-electron chi connectivity index (χ3n) is 5.50. The van der Waals surface area contributed by atoms with Gasteiger partial charge in [0.1, 0.15) is 0 Å². The van der Waals surface area contributed by atoms with Crippen LogP contribution in [0.2, 0.25) is 58.9 Å². The fourth-order valence-electron chi connectivity index (χ4n) is 5.49. The molecule has 0 fully saturated rings. The third-order valence-corrected chi connectivity index (χ3v) is 80.1. The Hall–Kier alpha value is 1.08. The fraction of sp³-hybridized carbons (Fsp3) is 1.00. The first-order valence-corrected chi connectivity index (χ1v) is 24.5. The van der Waals surface area contributed by atoms with E-state index in [-0.39, 0.29) is 0 Å². The molecule has 0 unspecified atom stereocenters. The van der Waals surface area contributed by atoms with E-state index in [0.29, 0.717) is 0 Å². The van der Waals surface area contributed by atoms with Gasteiger partial charge in [0, 0.05) is 0 Å². The Labute approximate surface area is 133 Å². The molecule has 0 heterocycles. The summed E-state index contributed by atoms with van der Waals surface area (Å²) in [6, 6.07) is 0. The zero-order valence-corrected chi connectivity index (χ0v) is 20.2. The number of hydrogen-bond donors (Lipinski definition) is 0. The van der Waals surface area contributed by atoms with Gasteiger partial charge < -0.3 is 0 Å². The van der Waals surface area contributed by atoms with E-state index in [2.05, 4.69) is 65.8 Å². The molecule has 0 aromatic rings. The molecule has 4 heteroatoms. The van der Waals surface area contributed by atoms with Crippen LogP contribution in [0.5, 0.6) is 0 Å². The Balaban J connectivity index is 5.25. The Morgan fingerprint density at radius 3 is 1.20 bits per heavy atom. The van der Waals surface area contributed by atoms with E-state index in [9.17, 15) is 0 Å². The van der Waals surface area contributed by atoms with Crippen molar-refractivity contribution >= 4 is 29.1 Å². The van der Waals surface area contributed by atoms with Gasteiger partial charge in [-0.1, -0.05) is 0 Å². The summed E-state index contributed by atoms with van der Waals surface area (Å²) in [4.78, 5) is 0. The van der Waals surface area contributed by atoms with Gasteiger partial charge in [-0.3, -0.25) is 0 Å². The zero-order chi connectivity index (χ0) is 16.2. The SMILES string of the molecule is CCCCCCC[PH]([Si](C)(C)C)([Si](C)(C)C)[Si](C)(C)C. The first-order chi connectivity index (χ1) is 8.81. The summed E-state index contributed by atoms with van der Waals surface area (Å²) in [7, 11) is -3.04. The maximum atomic E-state index is 2.72. The first kappa shape index (κ1) is 21.1. The van der Waals surface area contributed by atoms with Crippen LogP contribution in [0.3, 0.4) is 0 Å². The Morgan fingerprint density at radius 1 is 0.550 bits per heavy atom. The van der Waals surface area contributed by atoms with E-state index in [1.165, 1.54) is 25.7 Å². The predicted molar refractivity (Wildman–Crippen MR) is 112 cm³/mol. The average molecular weight is 351 g/mol. The summed E-state index contributed by atoms with van der Waals surface area (Å²) in [5.41, 5.74) is 0. The summed E-state index contributed by atoms with van der Waals surface area (Å²) in [6.07, 6.45) is 9.02. The normalized spacial score (nSPS) is 15.5. The van der Waals surface area contributed by atoms with Gasteiger partial charge in [0.25, 0.3) is 0 Å². The van der Waals surface area contributed by atoms with Crippen molar-refractivity contribution in [1.29, 1.82) is 0 Å². The van der Waals surface area contributed by atoms with Crippen molar-refractivity contribution in [3.63, 3.8) is 0 Å². The molecule has 0 N–H and O–H groups in total. The molecule has 0 aromatic heterocycles. The zero-order valence-electron chi connectivity index (χ0n) is 16.2. The molecule has 0 saturated carbocycles. The molecule has 0 spiro atoms. The molecule has 0 nitrogen and oxygen atoms in total. The standard InChI is InChI=1S/C16H43PSi3/c1-11-12-13-14-15-16-17(18(2,3)4,19(5,6)7)20(8,9)10/h17H,11-16H2,1-10H3. The molecule has 0 bridgehead atoms. The van der Waals surface area contributed by atoms with E-state index in [1.807, 2.05) is 0 Å². The number of rotatable bonds is 9. The Kier molecular flexibility index (Phi) is 7.98. The van der Waals surface area contributed by atoms with Gasteiger partial charge >= 0.3 is 133 Å². The molecule has 0 aromatic carbocycles. The van der Waals surface area contributed by atoms with Gasteiger partial charge in [0.15, 0.2) is 0 Å². The molecule has 0 aliphatic carbocycles. The van der Waals surface area contributed by atoms with Gasteiger partial charge in [-0.15, -0.1) is 0 Å². The van der Waals surface area contributed by atoms with Crippen LogP contribution in [0.15, 0.2) is 0 Å². The second-order valence-corrected chi connectivity index (χ2v) is 51.3. The molecule has 0 amide bonds. The number of hydrogen-bond acceptors (Lipinski definition) is 0. The van der Waals surface area contributed by atoms with Gasteiger partial charge in [-0.05, 0) is 0 Å². The van der Waals surface area contributed by atoms with Crippen LogP contribution in [0.4, 0.5) is 0 Å². The first-order valence-electron chi connectivity index (χ1n) is 8.81. The summed E-state index contributed by atoms with van der Waals surface area (Å²) in [6.45, 7) is 26.8. The van der Waals surface area contributed by atoms with Crippen LogP contribution < -0.4 is 0 Å². The van der Waals surface area contributed by atoms with Gasteiger partial charge in [0.2, 0.25) is 0 Å². The molecule has 0 aliphatic heterocycles. The summed E-state index contributed by atoms with van der Waals surface area (Å²) >= 11 is 0. The minimum atomic E-state index is -1.04. The average Bonchev–Trinajstić information content (AvgIpc) is 2.17. The monoisotopic (exact) mass is 350 g/mol.